The molecule has 0 spiro atoms. The van der Waals surface area contributed by atoms with Gasteiger partial charge in [-0.2, -0.15) is 13.2 Å². The number of aryl methyl sites for hydroxylation is 2. The molecular weight excluding hydrogens is 401 g/mol. The summed E-state index contributed by atoms with van der Waals surface area (Å²) in [5.74, 6) is -0.0932. The molecule has 0 bridgehead atoms. The van der Waals surface area contributed by atoms with Crippen LogP contribution in [0.25, 0.3) is 22.4 Å². The maximum Gasteiger partial charge on any atom is 0.417 e. The second kappa shape index (κ2) is 7.29. The third-order valence-corrected chi connectivity index (χ3v) is 4.47. The van der Waals surface area contributed by atoms with Crippen LogP contribution in [0.2, 0.25) is 0 Å². The number of benzene rings is 1. The third kappa shape index (κ3) is 3.63. The summed E-state index contributed by atoms with van der Waals surface area (Å²) in [4.78, 5) is 17.0. The van der Waals surface area contributed by atoms with Crippen LogP contribution in [0.1, 0.15) is 33.1 Å². The van der Waals surface area contributed by atoms with E-state index in [1.807, 2.05) is 0 Å². The molecule has 0 aliphatic heterocycles. The Bertz CT molecular complexity index is 1240. The number of pyridine rings is 1. The second-order valence-corrected chi connectivity index (χ2v) is 6.66. The Balaban J connectivity index is 1.79. The first-order valence-corrected chi connectivity index (χ1v) is 8.88. The average Bonchev–Trinajstić information content (AvgIpc) is 3.30. The molecule has 10 heteroatoms. The van der Waals surface area contributed by atoms with Gasteiger partial charge in [-0.1, -0.05) is 28.5 Å². The van der Waals surface area contributed by atoms with E-state index in [1.165, 1.54) is 24.3 Å². The number of hydrogen-bond acceptors (Lipinski definition) is 6. The lowest BCUT2D eigenvalue weighted by molar-refractivity contribution is -0.137. The van der Waals surface area contributed by atoms with Crippen LogP contribution in [0.15, 0.2) is 45.4 Å². The van der Waals surface area contributed by atoms with Gasteiger partial charge in [-0.15, -0.1) is 0 Å². The molecular formula is C20H15F3N4O3. The number of carbonyl (C=O) groups excluding carboxylic acids is 1. The smallest absolute Gasteiger partial charge is 0.359 e. The Morgan fingerprint density at radius 3 is 2.57 bits per heavy atom. The molecule has 0 radical (unpaired) electrons. The van der Waals surface area contributed by atoms with E-state index in [-0.39, 0.29) is 29.1 Å². The molecule has 4 aromatic rings. The summed E-state index contributed by atoms with van der Waals surface area (Å²) in [6.07, 6.45) is -4.59. The van der Waals surface area contributed by atoms with Crippen molar-refractivity contribution in [2.75, 3.05) is 0 Å². The predicted molar refractivity (Wildman–Crippen MR) is 99.4 cm³/mol. The van der Waals surface area contributed by atoms with Crippen LogP contribution in [0, 0.1) is 13.8 Å². The van der Waals surface area contributed by atoms with Crippen molar-refractivity contribution in [3.63, 3.8) is 0 Å². The minimum absolute atomic E-state index is 0.0253. The van der Waals surface area contributed by atoms with Gasteiger partial charge in [0.05, 0.1) is 40.1 Å². The van der Waals surface area contributed by atoms with Gasteiger partial charge in [0, 0.05) is 11.6 Å². The highest BCUT2D eigenvalue weighted by Gasteiger charge is 2.34. The van der Waals surface area contributed by atoms with Gasteiger partial charge in [-0.25, -0.2) is 4.98 Å². The minimum Gasteiger partial charge on any atom is -0.359 e. The quantitative estimate of drug-likeness (QED) is 0.529. The van der Waals surface area contributed by atoms with Gasteiger partial charge >= 0.3 is 6.18 Å². The van der Waals surface area contributed by atoms with Gasteiger partial charge in [0.1, 0.15) is 0 Å². The standard InChI is InChI=1S/C20H15F3N4O3/c1-10-7-12(29-26-10)9-24-18(28)14-8-16(25-19-17(14)11(2)27-30-19)13-5-3-4-6-15(13)20(21,22)23/h3-8H,9H2,1-2H3,(H,24,28). The van der Waals surface area contributed by atoms with Gasteiger partial charge in [-0.05, 0) is 26.0 Å². The Labute approximate surface area is 167 Å². The van der Waals surface area contributed by atoms with E-state index in [1.54, 1.807) is 19.9 Å². The van der Waals surface area contributed by atoms with Crippen molar-refractivity contribution in [3.05, 3.63) is 64.7 Å². The maximum absolute atomic E-state index is 13.5. The molecule has 0 aliphatic carbocycles. The van der Waals surface area contributed by atoms with E-state index < -0.39 is 17.6 Å². The Kier molecular flexibility index (Phi) is 4.76. The summed E-state index contributed by atoms with van der Waals surface area (Å²) in [7, 11) is 0. The summed E-state index contributed by atoms with van der Waals surface area (Å²) in [5, 5.41) is 10.5. The first-order chi connectivity index (χ1) is 14.2. The van der Waals surface area contributed by atoms with Crippen molar-refractivity contribution >= 4 is 17.0 Å². The highest BCUT2D eigenvalue weighted by molar-refractivity contribution is 6.07. The Morgan fingerprint density at radius 2 is 1.87 bits per heavy atom. The lowest BCUT2D eigenvalue weighted by Crippen LogP contribution is -2.23. The lowest BCUT2D eigenvalue weighted by Gasteiger charge is -2.13. The summed E-state index contributed by atoms with van der Waals surface area (Å²) < 4.78 is 50.6. The van der Waals surface area contributed by atoms with E-state index in [0.717, 1.165) is 6.07 Å². The first kappa shape index (κ1) is 19.6. The molecule has 0 saturated carbocycles. The van der Waals surface area contributed by atoms with Crippen LogP contribution in [-0.4, -0.2) is 21.2 Å². The van der Waals surface area contributed by atoms with Gasteiger partial charge in [0.25, 0.3) is 11.6 Å². The average molecular weight is 416 g/mol. The van der Waals surface area contributed by atoms with Crippen molar-refractivity contribution in [1.82, 2.24) is 20.6 Å². The van der Waals surface area contributed by atoms with E-state index in [9.17, 15) is 18.0 Å². The third-order valence-electron chi connectivity index (χ3n) is 4.47. The number of halogens is 3. The molecule has 154 valence electrons. The fourth-order valence-corrected chi connectivity index (χ4v) is 3.13. The SMILES string of the molecule is Cc1cc(CNC(=O)c2cc(-c3ccccc3C(F)(F)F)nc3onc(C)c23)on1. The molecule has 7 nitrogen and oxygen atoms in total. The number of rotatable bonds is 4. The molecule has 0 atom stereocenters. The largest absolute Gasteiger partial charge is 0.417 e. The fourth-order valence-electron chi connectivity index (χ4n) is 3.13. The summed E-state index contributed by atoms with van der Waals surface area (Å²) >= 11 is 0. The van der Waals surface area contributed by atoms with Crippen LogP contribution in [0.4, 0.5) is 13.2 Å². The molecule has 1 amide bonds. The maximum atomic E-state index is 13.5. The molecule has 1 aromatic carbocycles. The number of carbonyl (C=O) groups is 1. The lowest BCUT2D eigenvalue weighted by atomic mass is 10.0. The van der Waals surface area contributed by atoms with Gasteiger partial charge < -0.3 is 14.4 Å². The summed E-state index contributed by atoms with van der Waals surface area (Å²) in [5.41, 5.74) is 0.0505. The molecule has 0 fully saturated rings. The van der Waals surface area contributed by atoms with Crippen molar-refractivity contribution in [1.29, 1.82) is 0 Å². The van der Waals surface area contributed by atoms with Gasteiger partial charge in [0.2, 0.25) is 0 Å². The van der Waals surface area contributed by atoms with Crippen LogP contribution in [0.3, 0.4) is 0 Å². The first-order valence-electron chi connectivity index (χ1n) is 8.88. The van der Waals surface area contributed by atoms with Crippen LogP contribution in [-0.2, 0) is 12.7 Å². The molecule has 0 unspecified atom stereocenters. The summed E-state index contributed by atoms with van der Waals surface area (Å²) in [6, 6.07) is 7.97. The number of nitrogens with one attached hydrogen (secondary N) is 1. The van der Waals surface area contributed by atoms with Gasteiger partial charge in [0.15, 0.2) is 5.76 Å². The zero-order chi connectivity index (χ0) is 21.5. The topological polar surface area (TPSA) is 94.1 Å². The number of aromatic nitrogens is 3. The van der Waals surface area contributed by atoms with Crippen molar-refractivity contribution in [3.8, 4) is 11.3 Å². The zero-order valence-electron chi connectivity index (χ0n) is 15.9. The van der Waals surface area contributed by atoms with Crippen LogP contribution < -0.4 is 5.32 Å². The van der Waals surface area contributed by atoms with E-state index in [0.29, 0.717) is 22.5 Å². The number of nitrogens with zero attached hydrogens (tertiary/aromatic N) is 3. The number of amides is 1. The molecule has 4 rings (SSSR count). The Morgan fingerprint density at radius 1 is 1.10 bits per heavy atom. The van der Waals surface area contributed by atoms with Crippen LogP contribution >= 0.6 is 0 Å². The van der Waals surface area contributed by atoms with Crippen molar-refractivity contribution in [2.45, 2.75) is 26.6 Å². The molecule has 30 heavy (non-hydrogen) atoms. The van der Waals surface area contributed by atoms with E-state index in [2.05, 4.69) is 20.6 Å². The highest BCUT2D eigenvalue weighted by Crippen LogP contribution is 2.37. The second-order valence-electron chi connectivity index (χ2n) is 6.66. The van der Waals surface area contributed by atoms with Crippen molar-refractivity contribution in [2.24, 2.45) is 0 Å². The molecule has 0 saturated heterocycles. The number of alkyl halides is 3. The van der Waals surface area contributed by atoms with Gasteiger partial charge in [-0.3, -0.25) is 4.79 Å². The minimum atomic E-state index is -4.59. The Hall–Kier alpha value is -3.69. The monoisotopic (exact) mass is 416 g/mol. The number of fused-ring (bicyclic) bond motifs is 1. The highest BCUT2D eigenvalue weighted by atomic mass is 19.4. The number of hydrogen-bond donors (Lipinski definition) is 1. The molecule has 0 aliphatic rings. The molecule has 3 aromatic heterocycles. The predicted octanol–water partition coefficient (Wildman–Crippen LogP) is 4.44. The molecule has 1 N–H and O–H groups in total. The van der Waals surface area contributed by atoms with Crippen molar-refractivity contribution < 1.29 is 27.0 Å². The zero-order valence-corrected chi connectivity index (χ0v) is 15.9. The fraction of sp³-hybridized carbons (Fsp3) is 0.200. The molecule has 3 heterocycles. The van der Waals surface area contributed by atoms with E-state index >= 15 is 0 Å². The van der Waals surface area contributed by atoms with Crippen LogP contribution in [0.5, 0.6) is 0 Å². The normalized spacial score (nSPS) is 11.8. The van der Waals surface area contributed by atoms with E-state index in [4.69, 9.17) is 9.05 Å². The summed E-state index contributed by atoms with van der Waals surface area (Å²) in [6.45, 7) is 3.42.